The fourth-order valence-electron chi connectivity index (χ4n) is 6.03. The zero-order valence-corrected chi connectivity index (χ0v) is 38.2. The predicted molar refractivity (Wildman–Crippen MR) is 221 cm³/mol. The van der Waals surface area contributed by atoms with Gasteiger partial charge in [-0.3, -0.25) is 13.7 Å². The Morgan fingerprint density at radius 2 is 0.667 bits per heavy atom. The Morgan fingerprint density at radius 1 is 0.460 bits per heavy atom. The average molecular weight is 949 g/mol. The van der Waals surface area contributed by atoms with E-state index < -0.39 is 100 Å². The Labute approximate surface area is 363 Å². The maximum Gasteiger partial charge on any atom is 0.358 e. The smallest absolute Gasteiger partial charge is 0.358 e. The van der Waals surface area contributed by atoms with Crippen molar-refractivity contribution in [3.63, 3.8) is 0 Å². The first kappa shape index (κ1) is 51.4. The summed E-state index contributed by atoms with van der Waals surface area (Å²) in [4.78, 5) is 70.0. The molecule has 0 fully saturated rings. The van der Waals surface area contributed by atoms with E-state index >= 15 is 0 Å². The van der Waals surface area contributed by atoms with Crippen LogP contribution in [-0.2, 0) is 110 Å². The second-order valence-electron chi connectivity index (χ2n) is 13.2. The zero-order valence-electron chi connectivity index (χ0n) is 35.5. The summed E-state index contributed by atoms with van der Waals surface area (Å²) in [5, 5.41) is -0.647. The lowest BCUT2D eigenvalue weighted by Gasteiger charge is -2.23. The van der Waals surface area contributed by atoms with E-state index in [9.17, 15) is 42.8 Å². The molecule has 0 aromatic heterocycles. The van der Waals surface area contributed by atoms with Crippen molar-refractivity contribution in [1.29, 1.82) is 0 Å². The van der Waals surface area contributed by atoms with E-state index in [2.05, 4.69) is 0 Å². The van der Waals surface area contributed by atoms with Gasteiger partial charge in [-0.1, -0.05) is 0 Å². The molecule has 0 spiro atoms. The third-order valence-electron chi connectivity index (χ3n) is 8.81. The van der Waals surface area contributed by atoms with Gasteiger partial charge in [0.1, 0.15) is 17.2 Å². The van der Waals surface area contributed by atoms with Crippen LogP contribution in [0.5, 0.6) is 17.2 Å². The van der Waals surface area contributed by atoms with Crippen LogP contribution >= 0.6 is 22.8 Å². The molecule has 0 saturated carbocycles. The van der Waals surface area contributed by atoms with Crippen molar-refractivity contribution in [2.75, 3.05) is 61.0 Å². The van der Waals surface area contributed by atoms with E-state index in [0.29, 0.717) is 0 Å². The highest BCUT2D eigenvalue weighted by atomic mass is 31.2. The highest BCUT2D eigenvalue weighted by Gasteiger charge is 2.30. The Morgan fingerprint density at radius 3 is 0.841 bits per heavy atom. The summed E-state index contributed by atoms with van der Waals surface area (Å²) in [5.41, 5.74) is 0.629. The second kappa shape index (κ2) is 23.6. The molecule has 1 heterocycles. The number of carbonyl (C=O) groups excluding carboxylic acids is 3. The number of hydrogen-bond donors (Lipinski definition) is 3. The third kappa shape index (κ3) is 14.1. The van der Waals surface area contributed by atoms with Gasteiger partial charge in [0.15, 0.2) is 19.8 Å². The minimum Gasteiger partial charge on any atom is -0.481 e. The summed E-state index contributed by atoms with van der Waals surface area (Å²) in [6.45, 7) is -0.207. The van der Waals surface area contributed by atoms with Gasteiger partial charge in [0.05, 0.1) is 96.7 Å². The average Bonchev–Trinajstić information content (AvgIpc) is 3.24. The standard InChI is InChI=1S/C39H51O21P3/c1-7-58-61(43,44)31-10-25-16-52-18-27-12-32(62(45,46)59-8-2)14-29(38(27)56-23-35(41)50-5)20-54-21-30-15-33(63(47,48)60-9-3)13-28(39(30)57-24-36(42)51-6)19-53-17-26(11-31)37(25)55-22-34(40)49-4/h10-15H,7-9,16-24H2,1-6H3,(H,43,44)(H,45,46)(H,47,48). The number of methoxy groups -OCH3 is 3. The minimum atomic E-state index is -4.52. The molecule has 6 bridgehead atoms. The largest absolute Gasteiger partial charge is 0.481 e. The van der Waals surface area contributed by atoms with Crippen LogP contribution in [-0.4, -0.2) is 93.6 Å². The lowest BCUT2D eigenvalue weighted by Crippen LogP contribution is -2.19. The summed E-state index contributed by atoms with van der Waals surface area (Å²) >= 11 is 0. The highest BCUT2D eigenvalue weighted by molar-refractivity contribution is 7.61. The van der Waals surface area contributed by atoms with Gasteiger partial charge in [-0.15, -0.1) is 0 Å². The number of fused-ring (bicyclic) bond motifs is 6. The summed E-state index contributed by atoms with van der Waals surface area (Å²) in [5.74, 6) is -2.44. The molecular weight excluding hydrogens is 897 g/mol. The Hall–Kier alpha value is -4.20. The molecule has 3 N–H and O–H groups in total. The molecule has 4 rings (SSSR count). The first-order valence-corrected chi connectivity index (χ1v) is 23.9. The second-order valence-corrected chi connectivity index (χ2v) is 18.6. The van der Waals surface area contributed by atoms with Crippen LogP contribution in [0, 0.1) is 0 Å². The molecule has 3 unspecified atom stereocenters. The Bertz CT molecular complexity index is 1920. The number of rotatable bonds is 18. The summed E-state index contributed by atoms with van der Waals surface area (Å²) in [6, 6.07) is 7.63. The van der Waals surface area contributed by atoms with Crippen LogP contribution < -0.4 is 30.1 Å². The van der Waals surface area contributed by atoms with Gasteiger partial charge >= 0.3 is 40.7 Å². The Kier molecular flexibility index (Phi) is 19.3. The van der Waals surface area contributed by atoms with E-state index in [1.165, 1.54) is 57.2 Å². The van der Waals surface area contributed by atoms with Crippen LogP contribution in [0.15, 0.2) is 36.4 Å². The number of carbonyl (C=O) groups is 3. The number of esters is 3. The summed E-state index contributed by atoms with van der Waals surface area (Å²) in [6.07, 6.45) is 0. The maximum absolute atomic E-state index is 13.5. The van der Waals surface area contributed by atoms with Crippen LogP contribution in [0.1, 0.15) is 54.2 Å². The van der Waals surface area contributed by atoms with Crippen molar-refractivity contribution in [2.45, 2.75) is 60.4 Å². The van der Waals surface area contributed by atoms with E-state index in [0.717, 1.165) is 21.3 Å². The summed E-state index contributed by atoms with van der Waals surface area (Å²) in [7, 11) is -10.1. The van der Waals surface area contributed by atoms with Gasteiger partial charge in [-0.25, -0.2) is 14.4 Å². The normalized spacial score (nSPS) is 16.1. The molecule has 0 saturated heterocycles. The molecule has 63 heavy (non-hydrogen) atoms. The molecule has 1 aliphatic rings. The Balaban J connectivity index is 2.06. The third-order valence-corrected chi connectivity index (χ3v) is 13.4. The van der Waals surface area contributed by atoms with Crippen LogP contribution in [0.25, 0.3) is 0 Å². The lowest BCUT2D eigenvalue weighted by atomic mass is 10.1. The number of ether oxygens (including phenoxy) is 9. The molecule has 3 atom stereocenters. The van der Waals surface area contributed by atoms with E-state index in [-0.39, 0.29) is 86.4 Å². The van der Waals surface area contributed by atoms with E-state index in [4.69, 9.17) is 56.2 Å². The van der Waals surface area contributed by atoms with Gasteiger partial charge in [0.2, 0.25) is 0 Å². The molecule has 3 aromatic carbocycles. The number of hydrogen-bond acceptors (Lipinski definition) is 18. The van der Waals surface area contributed by atoms with Crippen molar-refractivity contribution in [2.24, 2.45) is 0 Å². The van der Waals surface area contributed by atoms with Crippen LogP contribution in [0.3, 0.4) is 0 Å². The van der Waals surface area contributed by atoms with Gasteiger partial charge < -0.3 is 70.9 Å². The van der Waals surface area contributed by atoms with Gasteiger partial charge in [-0.2, -0.15) is 0 Å². The lowest BCUT2D eigenvalue weighted by molar-refractivity contribution is -0.143. The van der Waals surface area contributed by atoms with Gasteiger partial charge in [0, 0.05) is 33.4 Å². The highest BCUT2D eigenvalue weighted by Crippen LogP contribution is 2.45. The topological polar surface area (TPSA) is 274 Å². The van der Waals surface area contributed by atoms with Crippen molar-refractivity contribution in [3.8, 4) is 17.2 Å². The fraction of sp³-hybridized carbons (Fsp3) is 0.462. The molecule has 3 aromatic rings. The fourth-order valence-corrected chi connectivity index (χ4v) is 9.44. The maximum atomic E-state index is 13.5. The first-order valence-electron chi connectivity index (χ1n) is 19.2. The molecule has 1 aliphatic heterocycles. The van der Waals surface area contributed by atoms with Crippen molar-refractivity contribution < 1.29 is 99.0 Å². The predicted octanol–water partition coefficient (Wildman–Crippen LogP) is 3.35. The SMILES string of the molecule is CCOP(=O)(O)c1cc2c(OCC(=O)OC)c(c1)COCc1cc(P(=O)(O)OCC)cc(c1OCC(=O)OC)COCc1cc(P(=O)(O)OCC)cc(c1OCC(=O)OC)COC2. The zero-order chi connectivity index (χ0) is 46.4. The van der Waals surface area contributed by atoms with Gasteiger partial charge in [-0.05, 0) is 57.2 Å². The monoisotopic (exact) mass is 948 g/mol. The van der Waals surface area contributed by atoms with Gasteiger partial charge in [0.25, 0.3) is 0 Å². The van der Waals surface area contributed by atoms with E-state index in [1.807, 2.05) is 0 Å². The minimum absolute atomic E-state index is 0.0317. The first-order chi connectivity index (χ1) is 29.9. The van der Waals surface area contributed by atoms with Crippen molar-refractivity contribution in [3.05, 3.63) is 69.8 Å². The summed E-state index contributed by atoms with van der Waals surface area (Å²) < 4.78 is 107. The molecular formula is C39H51O21P3. The van der Waals surface area contributed by atoms with E-state index in [1.54, 1.807) is 0 Å². The number of benzene rings is 3. The molecule has 21 nitrogen and oxygen atoms in total. The van der Waals surface area contributed by atoms with Crippen LogP contribution in [0.2, 0.25) is 0 Å². The van der Waals surface area contributed by atoms with Crippen molar-refractivity contribution >= 4 is 56.6 Å². The molecule has 0 aliphatic carbocycles. The molecule has 348 valence electrons. The van der Waals surface area contributed by atoms with Crippen molar-refractivity contribution in [1.82, 2.24) is 0 Å². The quantitative estimate of drug-likeness (QED) is 0.0937. The molecule has 0 amide bonds. The van der Waals surface area contributed by atoms with Crippen LogP contribution in [0.4, 0.5) is 0 Å². The molecule has 24 heteroatoms. The molecule has 0 radical (unpaired) electrons.